The van der Waals surface area contributed by atoms with Crippen LogP contribution < -0.4 is 5.56 Å². The van der Waals surface area contributed by atoms with E-state index in [-0.39, 0.29) is 11.6 Å². The molecule has 1 N–H and O–H groups in total. The van der Waals surface area contributed by atoms with Crippen LogP contribution in [-0.2, 0) is 24.4 Å². The number of aromatic nitrogens is 5. The Bertz CT molecular complexity index is 1280. The summed E-state index contributed by atoms with van der Waals surface area (Å²) in [5.41, 5.74) is 3.73. The van der Waals surface area contributed by atoms with Gasteiger partial charge in [-0.25, -0.2) is 4.68 Å². The first-order valence-corrected chi connectivity index (χ1v) is 11.6. The average Bonchev–Trinajstić information content (AvgIpc) is 3.48. The van der Waals surface area contributed by atoms with Gasteiger partial charge >= 0.3 is 0 Å². The summed E-state index contributed by atoms with van der Waals surface area (Å²) in [6.45, 7) is 8.27. The van der Waals surface area contributed by atoms with Gasteiger partial charge in [0.15, 0.2) is 5.82 Å². The van der Waals surface area contributed by atoms with Crippen molar-refractivity contribution >= 4 is 10.9 Å². The zero-order valence-corrected chi connectivity index (χ0v) is 20.2. The number of rotatable bonds is 11. The van der Waals surface area contributed by atoms with Gasteiger partial charge in [0.2, 0.25) is 0 Å². The molecule has 0 unspecified atom stereocenters. The van der Waals surface area contributed by atoms with Crippen molar-refractivity contribution in [3.63, 3.8) is 0 Å². The normalized spacial score (nSPS) is 12.6. The fourth-order valence-electron chi connectivity index (χ4n) is 4.47. The van der Waals surface area contributed by atoms with Crippen LogP contribution >= 0.6 is 0 Å². The number of pyridine rings is 1. The highest BCUT2D eigenvalue weighted by atomic mass is 16.5. The van der Waals surface area contributed by atoms with E-state index in [9.17, 15) is 4.79 Å². The van der Waals surface area contributed by atoms with Gasteiger partial charge in [-0.3, -0.25) is 9.69 Å². The van der Waals surface area contributed by atoms with Crippen molar-refractivity contribution < 1.29 is 9.15 Å². The van der Waals surface area contributed by atoms with Crippen LogP contribution in [0.3, 0.4) is 0 Å². The lowest BCUT2D eigenvalue weighted by atomic mass is 10.0. The standard InChI is InChI=1S/C25H32N6O3/c1-5-7-23(24-27-28-29-31(24)9-11-33-4)30(16-20-8-6-10-34-20)15-19-14-21-18(3)12-17(2)13-22(21)26-25(19)32/h6,8,10,12-14,23H,5,7,9,11,15-16H2,1-4H3,(H,26,32)/t23-/m0/s1. The number of furan rings is 1. The van der Waals surface area contributed by atoms with E-state index < -0.39 is 0 Å². The molecule has 0 fully saturated rings. The molecule has 0 bridgehead atoms. The average molecular weight is 465 g/mol. The topological polar surface area (TPSA) is 102 Å². The van der Waals surface area contributed by atoms with Gasteiger partial charge < -0.3 is 14.1 Å². The number of H-pyrrole nitrogens is 1. The second kappa shape index (κ2) is 10.8. The summed E-state index contributed by atoms with van der Waals surface area (Å²) in [5, 5.41) is 13.5. The number of nitrogens with one attached hydrogen (secondary N) is 1. The van der Waals surface area contributed by atoms with E-state index in [0.717, 1.165) is 46.5 Å². The predicted octanol–water partition coefficient (Wildman–Crippen LogP) is 3.91. The lowest BCUT2D eigenvalue weighted by Crippen LogP contribution is -2.32. The van der Waals surface area contributed by atoms with Gasteiger partial charge in [-0.05, 0) is 66.1 Å². The summed E-state index contributed by atoms with van der Waals surface area (Å²) in [4.78, 5) is 18.4. The molecular formula is C25H32N6O3. The molecule has 0 spiro atoms. The molecule has 3 heterocycles. The molecule has 4 aromatic rings. The smallest absolute Gasteiger partial charge is 0.252 e. The molecule has 0 aliphatic heterocycles. The van der Waals surface area contributed by atoms with Gasteiger partial charge in [0.05, 0.1) is 32.0 Å². The quantitative estimate of drug-likeness (QED) is 0.359. The van der Waals surface area contributed by atoms with Crippen molar-refractivity contribution in [3.8, 4) is 0 Å². The molecule has 1 atom stereocenters. The number of hydrogen-bond acceptors (Lipinski definition) is 7. The second-order valence-corrected chi connectivity index (χ2v) is 8.71. The maximum Gasteiger partial charge on any atom is 0.252 e. The number of methoxy groups -OCH3 is 1. The lowest BCUT2D eigenvalue weighted by Gasteiger charge is -2.30. The van der Waals surface area contributed by atoms with Gasteiger partial charge in [0.1, 0.15) is 5.76 Å². The molecule has 1 aromatic carbocycles. The van der Waals surface area contributed by atoms with E-state index in [4.69, 9.17) is 9.15 Å². The Balaban J connectivity index is 1.74. The third kappa shape index (κ3) is 5.26. The van der Waals surface area contributed by atoms with Gasteiger partial charge in [0, 0.05) is 30.1 Å². The molecule has 4 rings (SSSR count). The zero-order chi connectivity index (χ0) is 24.1. The minimum absolute atomic E-state index is 0.0869. The highest BCUT2D eigenvalue weighted by molar-refractivity contribution is 5.83. The first-order chi connectivity index (χ1) is 16.5. The molecule has 0 aliphatic carbocycles. The fourth-order valence-corrected chi connectivity index (χ4v) is 4.47. The van der Waals surface area contributed by atoms with E-state index in [2.05, 4.69) is 45.3 Å². The third-order valence-corrected chi connectivity index (χ3v) is 6.07. The summed E-state index contributed by atoms with van der Waals surface area (Å²) in [7, 11) is 1.66. The Hall–Kier alpha value is -3.30. The van der Waals surface area contributed by atoms with Crippen LogP contribution in [0, 0.1) is 13.8 Å². The first-order valence-electron chi connectivity index (χ1n) is 11.6. The number of aromatic amines is 1. The zero-order valence-electron chi connectivity index (χ0n) is 20.2. The number of hydrogen-bond donors (Lipinski definition) is 1. The van der Waals surface area contributed by atoms with E-state index in [1.165, 1.54) is 0 Å². The Labute approximate surface area is 198 Å². The number of nitrogens with zero attached hydrogens (tertiary/aromatic N) is 5. The molecule has 3 aromatic heterocycles. The van der Waals surface area contributed by atoms with Crippen molar-refractivity contribution in [3.05, 3.63) is 75.2 Å². The minimum atomic E-state index is -0.101. The Morgan fingerprint density at radius 1 is 1.24 bits per heavy atom. The molecule has 0 amide bonds. The molecule has 9 heteroatoms. The molecular weight excluding hydrogens is 432 g/mol. The fraction of sp³-hybridized carbons (Fsp3) is 0.440. The second-order valence-electron chi connectivity index (χ2n) is 8.71. The van der Waals surface area contributed by atoms with E-state index >= 15 is 0 Å². The SMILES string of the molecule is CCC[C@@H](c1nnnn1CCOC)N(Cc1ccco1)Cc1cc2c(C)cc(C)cc2[nH]c1=O. The molecule has 34 heavy (non-hydrogen) atoms. The van der Waals surface area contributed by atoms with E-state index in [1.807, 2.05) is 31.2 Å². The highest BCUT2D eigenvalue weighted by Gasteiger charge is 2.27. The van der Waals surface area contributed by atoms with Crippen molar-refractivity contribution in [1.82, 2.24) is 30.1 Å². The number of benzene rings is 1. The van der Waals surface area contributed by atoms with Gasteiger partial charge in [-0.2, -0.15) is 0 Å². The van der Waals surface area contributed by atoms with Crippen LogP contribution in [0.25, 0.3) is 10.9 Å². The molecule has 0 saturated carbocycles. The number of fused-ring (bicyclic) bond motifs is 1. The van der Waals surface area contributed by atoms with Gasteiger partial charge in [-0.1, -0.05) is 19.4 Å². The maximum atomic E-state index is 13.1. The lowest BCUT2D eigenvalue weighted by molar-refractivity contribution is 0.138. The number of ether oxygens (including phenoxy) is 1. The van der Waals surface area contributed by atoms with Crippen molar-refractivity contribution in [2.75, 3.05) is 13.7 Å². The summed E-state index contributed by atoms with van der Waals surface area (Å²) >= 11 is 0. The largest absolute Gasteiger partial charge is 0.468 e. The van der Waals surface area contributed by atoms with Gasteiger partial charge in [-0.15, -0.1) is 5.10 Å². The Morgan fingerprint density at radius 2 is 2.09 bits per heavy atom. The van der Waals surface area contributed by atoms with Crippen LogP contribution in [0.5, 0.6) is 0 Å². The van der Waals surface area contributed by atoms with Crippen molar-refractivity contribution in [2.45, 2.75) is 59.3 Å². The molecule has 9 nitrogen and oxygen atoms in total. The summed E-state index contributed by atoms with van der Waals surface area (Å²) in [6.07, 6.45) is 3.43. The third-order valence-electron chi connectivity index (χ3n) is 6.07. The monoisotopic (exact) mass is 464 g/mol. The van der Waals surface area contributed by atoms with Crippen molar-refractivity contribution in [2.24, 2.45) is 0 Å². The Kier molecular flexibility index (Phi) is 7.54. The molecule has 180 valence electrons. The van der Waals surface area contributed by atoms with E-state index in [0.29, 0.717) is 31.8 Å². The maximum absolute atomic E-state index is 13.1. The highest BCUT2D eigenvalue weighted by Crippen LogP contribution is 2.28. The minimum Gasteiger partial charge on any atom is -0.468 e. The summed E-state index contributed by atoms with van der Waals surface area (Å²) in [5.74, 6) is 1.58. The van der Waals surface area contributed by atoms with Crippen LogP contribution in [0.4, 0.5) is 0 Å². The Morgan fingerprint density at radius 3 is 2.82 bits per heavy atom. The number of aryl methyl sites for hydroxylation is 2. The van der Waals surface area contributed by atoms with Crippen LogP contribution in [0.1, 0.15) is 54.1 Å². The molecule has 0 saturated heterocycles. The van der Waals surface area contributed by atoms with Crippen LogP contribution in [0.2, 0.25) is 0 Å². The predicted molar refractivity (Wildman–Crippen MR) is 129 cm³/mol. The van der Waals surface area contributed by atoms with Gasteiger partial charge in [0.25, 0.3) is 5.56 Å². The number of tetrazole rings is 1. The van der Waals surface area contributed by atoms with Crippen LogP contribution in [-0.4, -0.2) is 43.8 Å². The first kappa shape index (κ1) is 23.8. The van der Waals surface area contributed by atoms with Crippen LogP contribution in [0.15, 0.2) is 45.8 Å². The summed E-state index contributed by atoms with van der Waals surface area (Å²) in [6, 6.07) is 9.87. The molecule has 0 aliphatic rings. The summed E-state index contributed by atoms with van der Waals surface area (Å²) < 4.78 is 12.7. The van der Waals surface area contributed by atoms with E-state index in [1.54, 1.807) is 18.1 Å². The molecule has 0 radical (unpaired) electrons. The van der Waals surface area contributed by atoms with Crippen molar-refractivity contribution in [1.29, 1.82) is 0 Å².